The van der Waals surface area contributed by atoms with Crippen molar-refractivity contribution in [2.45, 2.75) is 45.4 Å². The van der Waals surface area contributed by atoms with E-state index in [1.807, 2.05) is 4.90 Å². The molecule has 3 heterocycles. The average Bonchev–Trinajstić information content (AvgIpc) is 2.99. The van der Waals surface area contributed by atoms with Gasteiger partial charge in [0.2, 0.25) is 0 Å². The first-order valence-electron chi connectivity index (χ1n) is 8.66. The molecule has 2 aromatic heterocycles. The number of H-pyrrole nitrogens is 1. The molecule has 0 aromatic carbocycles. The van der Waals surface area contributed by atoms with E-state index in [4.69, 9.17) is 4.42 Å². The highest BCUT2D eigenvalue weighted by Gasteiger charge is 2.46. The summed E-state index contributed by atoms with van der Waals surface area (Å²) < 4.78 is 5.19. The molecule has 0 spiro atoms. The number of aromatic nitrogens is 4. The number of nitrogens with zero attached hydrogens (tertiary/aromatic N) is 4. The summed E-state index contributed by atoms with van der Waals surface area (Å²) in [4.78, 5) is 23.4. The lowest BCUT2D eigenvalue weighted by Gasteiger charge is -2.14. The molecular weight excluding hydrogens is 306 g/mol. The molecule has 24 heavy (non-hydrogen) atoms. The highest BCUT2D eigenvalue weighted by Crippen LogP contribution is 2.47. The molecule has 7 heteroatoms. The second kappa shape index (κ2) is 5.72. The molecule has 2 atom stereocenters. The Morgan fingerprint density at radius 1 is 1.33 bits per heavy atom. The van der Waals surface area contributed by atoms with Crippen molar-refractivity contribution in [3.63, 3.8) is 0 Å². The van der Waals surface area contributed by atoms with Gasteiger partial charge in [-0.3, -0.25) is 9.89 Å². The van der Waals surface area contributed by atoms with Crippen molar-refractivity contribution in [2.24, 2.45) is 11.8 Å². The van der Waals surface area contributed by atoms with E-state index in [1.54, 1.807) is 6.92 Å². The third kappa shape index (κ3) is 2.72. The smallest absolute Gasteiger partial charge is 0.275 e. The summed E-state index contributed by atoms with van der Waals surface area (Å²) in [5.74, 6) is 3.90. The topological polar surface area (TPSA) is 87.9 Å². The molecule has 0 radical (unpaired) electrons. The van der Waals surface area contributed by atoms with E-state index < -0.39 is 0 Å². The van der Waals surface area contributed by atoms with E-state index in [-0.39, 0.29) is 11.8 Å². The first-order chi connectivity index (χ1) is 11.5. The number of aryl methyl sites for hydroxylation is 1. The molecule has 7 nitrogen and oxygen atoms in total. The molecule has 1 aliphatic carbocycles. The van der Waals surface area contributed by atoms with Crippen LogP contribution in [0.4, 0.5) is 0 Å². The van der Waals surface area contributed by atoms with Crippen LogP contribution in [0.1, 0.15) is 66.6 Å². The molecule has 2 fully saturated rings. The van der Waals surface area contributed by atoms with Gasteiger partial charge in [0.1, 0.15) is 12.1 Å². The first-order valence-corrected chi connectivity index (χ1v) is 8.66. The normalized spacial score (nSPS) is 24.1. The SMILES string of the molecule is Cc1nc(C(=O)N2C[C@H](c3nc(C(C)C)n[nH]3)[C@@H](C3CC3)C2)co1. The molecule has 128 valence electrons. The standard InChI is InChI=1S/C17H23N5O2/c1-9(2)15-19-16(21-20-15)13-7-22(6-12(13)11-4-5-11)17(23)14-8-24-10(3)18-14/h8-9,11-13H,4-7H2,1-3H3,(H,19,20,21)/t12-,13+/m1/s1. The minimum Gasteiger partial charge on any atom is -0.448 e. The Kier molecular flexibility index (Phi) is 3.66. The van der Waals surface area contributed by atoms with Crippen LogP contribution < -0.4 is 0 Å². The minimum atomic E-state index is -0.0522. The predicted molar refractivity (Wildman–Crippen MR) is 86.6 cm³/mol. The summed E-state index contributed by atoms with van der Waals surface area (Å²) in [6.07, 6.45) is 3.94. The van der Waals surface area contributed by atoms with Crippen LogP contribution in [0.3, 0.4) is 0 Å². The van der Waals surface area contributed by atoms with Crippen molar-refractivity contribution in [1.29, 1.82) is 0 Å². The second-order valence-electron chi connectivity index (χ2n) is 7.30. The van der Waals surface area contributed by atoms with Gasteiger partial charge in [-0.2, -0.15) is 5.10 Å². The largest absolute Gasteiger partial charge is 0.448 e. The van der Waals surface area contributed by atoms with Gasteiger partial charge in [0.05, 0.1) is 0 Å². The van der Waals surface area contributed by atoms with Crippen molar-refractivity contribution < 1.29 is 9.21 Å². The van der Waals surface area contributed by atoms with E-state index in [2.05, 4.69) is 34.0 Å². The maximum atomic E-state index is 12.7. The fourth-order valence-corrected chi connectivity index (χ4v) is 3.62. The second-order valence-corrected chi connectivity index (χ2v) is 7.30. The number of nitrogens with one attached hydrogen (secondary N) is 1. The van der Waals surface area contributed by atoms with Crippen molar-refractivity contribution in [1.82, 2.24) is 25.1 Å². The molecule has 2 aromatic rings. The van der Waals surface area contributed by atoms with E-state index in [0.29, 0.717) is 35.9 Å². The number of amides is 1. The number of aromatic amines is 1. The van der Waals surface area contributed by atoms with E-state index in [9.17, 15) is 4.79 Å². The molecule has 1 saturated carbocycles. The Morgan fingerprint density at radius 2 is 2.12 bits per heavy atom. The molecule has 1 N–H and O–H groups in total. The molecule has 0 unspecified atom stereocenters. The zero-order valence-electron chi connectivity index (χ0n) is 14.3. The Morgan fingerprint density at radius 3 is 2.71 bits per heavy atom. The lowest BCUT2D eigenvalue weighted by Crippen LogP contribution is -2.29. The lowest BCUT2D eigenvalue weighted by molar-refractivity contribution is 0.0779. The first kappa shape index (κ1) is 15.4. The summed E-state index contributed by atoms with van der Waals surface area (Å²) in [7, 11) is 0. The van der Waals surface area contributed by atoms with Crippen LogP contribution >= 0.6 is 0 Å². The fourth-order valence-electron chi connectivity index (χ4n) is 3.62. The summed E-state index contributed by atoms with van der Waals surface area (Å²) >= 11 is 0. The van der Waals surface area contributed by atoms with E-state index >= 15 is 0 Å². The van der Waals surface area contributed by atoms with Gasteiger partial charge in [-0.1, -0.05) is 13.8 Å². The van der Waals surface area contributed by atoms with Crippen LogP contribution in [0.2, 0.25) is 0 Å². The quantitative estimate of drug-likeness (QED) is 0.931. The maximum Gasteiger partial charge on any atom is 0.275 e. The van der Waals surface area contributed by atoms with Gasteiger partial charge >= 0.3 is 0 Å². The summed E-state index contributed by atoms with van der Waals surface area (Å²) in [6, 6.07) is 0. The molecule has 1 saturated heterocycles. The third-order valence-corrected chi connectivity index (χ3v) is 5.11. The van der Waals surface area contributed by atoms with Crippen LogP contribution in [0.15, 0.2) is 10.7 Å². The van der Waals surface area contributed by atoms with Gasteiger partial charge in [0.15, 0.2) is 17.4 Å². The average molecular weight is 329 g/mol. The van der Waals surface area contributed by atoms with Gasteiger partial charge in [0, 0.05) is 31.8 Å². The Labute approximate surface area is 140 Å². The Bertz CT molecular complexity index is 746. The van der Waals surface area contributed by atoms with E-state index in [0.717, 1.165) is 18.2 Å². The zero-order chi connectivity index (χ0) is 16.8. The van der Waals surface area contributed by atoms with Gasteiger partial charge in [-0.15, -0.1) is 0 Å². The third-order valence-electron chi connectivity index (χ3n) is 5.11. The van der Waals surface area contributed by atoms with E-state index in [1.165, 1.54) is 19.1 Å². The number of oxazole rings is 1. The van der Waals surface area contributed by atoms with Crippen LogP contribution in [0, 0.1) is 18.8 Å². The molecule has 0 bridgehead atoms. The minimum absolute atomic E-state index is 0.0522. The Balaban J connectivity index is 1.56. The summed E-state index contributed by atoms with van der Waals surface area (Å²) in [6.45, 7) is 7.35. The predicted octanol–water partition coefficient (Wildman–Crippen LogP) is 2.49. The molecule has 1 aliphatic heterocycles. The number of carbonyl (C=O) groups is 1. The van der Waals surface area contributed by atoms with Gasteiger partial charge < -0.3 is 9.32 Å². The zero-order valence-corrected chi connectivity index (χ0v) is 14.3. The Hall–Kier alpha value is -2.18. The number of carbonyl (C=O) groups excluding carboxylic acids is 1. The van der Waals surface area contributed by atoms with Crippen molar-refractivity contribution in [2.75, 3.05) is 13.1 Å². The monoisotopic (exact) mass is 329 g/mol. The fraction of sp³-hybridized carbons (Fsp3) is 0.647. The van der Waals surface area contributed by atoms with Gasteiger partial charge in [0.25, 0.3) is 5.91 Å². The van der Waals surface area contributed by atoms with Crippen molar-refractivity contribution >= 4 is 5.91 Å². The molecule has 2 aliphatic rings. The van der Waals surface area contributed by atoms with Crippen molar-refractivity contribution in [3.05, 3.63) is 29.5 Å². The van der Waals surface area contributed by atoms with Crippen LogP contribution in [-0.4, -0.2) is 44.1 Å². The summed E-state index contributed by atoms with van der Waals surface area (Å²) in [5, 5.41) is 7.45. The molecular formula is C17H23N5O2. The van der Waals surface area contributed by atoms with Crippen LogP contribution in [-0.2, 0) is 0 Å². The van der Waals surface area contributed by atoms with Gasteiger partial charge in [-0.25, -0.2) is 9.97 Å². The number of hydrogen-bond acceptors (Lipinski definition) is 5. The number of hydrogen-bond donors (Lipinski definition) is 1. The van der Waals surface area contributed by atoms with Crippen LogP contribution in [0.5, 0.6) is 0 Å². The van der Waals surface area contributed by atoms with Gasteiger partial charge in [-0.05, 0) is 24.7 Å². The lowest BCUT2D eigenvalue weighted by atomic mass is 9.91. The number of rotatable bonds is 4. The van der Waals surface area contributed by atoms with Crippen molar-refractivity contribution in [3.8, 4) is 0 Å². The van der Waals surface area contributed by atoms with Crippen LogP contribution in [0.25, 0.3) is 0 Å². The molecule has 4 rings (SSSR count). The summed E-state index contributed by atoms with van der Waals surface area (Å²) in [5.41, 5.74) is 0.392. The molecule has 1 amide bonds. The highest BCUT2D eigenvalue weighted by molar-refractivity contribution is 5.92. The number of likely N-dealkylation sites (tertiary alicyclic amines) is 1. The maximum absolute atomic E-state index is 12.7. The highest BCUT2D eigenvalue weighted by atomic mass is 16.3.